The van der Waals surface area contributed by atoms with Gasteiger partial charge in [0.05, 0.1) is 6.04 Å². The second-order valence-corrected chi connectivity index (χ2v) is 7.10. The van der Waals surface area contributed by atoms with Crippen LogP contribution >= 0.6 is 0 Å². The molecule has 0 radical (unpaired) electrons. The zero-order chi connectivity index (χ0) is 17.9. The van der Waals surface area contributed by atoms with Crippen LogP contribution in [0.2, 0.25) is 0 Å². The molecule has 0 aliphatic carbocycles. The molecule has 26 heavy (non-hydrogen) atoms. The second-order valence-electron chi connectivity index (χ2n) is 7.10. The van der Waals surface area contributed by atoms with Gasteiger partial charge >= 0.3 is 5.97 Å². The third kappa shape index (κ3) is 3.34. The lowest BCUT2D eigenvalue weighted by Crippen LogP contribution is -2.47. The predicted octanol–water partition coefficient (Wildman–Crippen LogP) is 4.28. The minimum absolute atomic E-state index is 0.0226. The number of ether oxygens (including phenoxy) is 2. The van der Waals surface area contributed by atoms with Gasteiger partial charge in [-0.05, 0) is 37.6 Å². The average Bonchev–Trinajstić information content (AvgIpc) is 2.68. The molecule has 1 fully saturated rings. The van der Waals surface area contributed by atoms with Crippen LogP contribution in [0, 0.1) is 0 Å². The van der Waals surface area contributed by atoms with Gasteiger partial charge in [0.2, 0.25) is 0 Å². The number of carbonyl (C=O) groups excluding carboxylic acids is 1. The lowest BCUT2D eigenvalue weighted by atomic mass is 9.88. The zero-order valence-electron chi connectivity index (χ0n) is 15.1. The number of nitrogens with zero attached hydrogens (tertiary/aromatic N) is 1. The van der Waals surface area contributed by atoms with Crippen molar-refractivity contribution in [1.82, 2.24) is 4.90 Å². The van der Waals surface area contributed by atoms with E-state index in [2.05, 4.69) is 11.0 Å². The first kappa shape index (κ1) is 17.1. The van der Waals surface area contributed by atoms with E-state index in [1.54, 1.807) is 0 Å². The molecule has 2 aromatic carbocycles. The van der Waals surface area contributed by atoms with Crippen molar-refractivity contribution in [3.63, 3.8) is 0 Å². The Morgan fingerprint density at radius 3 is 2.42 bits per heavy atom. The molecule has 0 saturated carbocycles. The van der Waals surface area contributed by atoms with Gasteiger partial charge in [-0.1, -0.05) is 55.0 Å². The average molecular weight is 351 g/mol. The number of rotatable bonds is 3. The van der Waals surface area contributed by atoms with Gasteiger partial charge in [0.1, 0.15) is 5.75 Å². The van der Waals surface area contributed by atoms with E-state index in [4.69, 9.17) is 9.47 Å². The first-order valence-electron chi connectivity index (χ1n) is 9.46. The summed E-state index contributed by atoms with van der Waals surface area (Å²) in [6, 6.07) is 18.3. The van der Waals surface area contributed by atoms with Gasteiger partial charge in [0.15, 0.2) is 12.2 Å². The molecule has 2 aliphatic rings. The van der Waals surface area contributed by atoms with Gasteiger partial charge in [0, 0.05) is 12.5 Å². The second kappa shape index (κ2) is 7.50. The Kier molecular flexibility index (Phi) is 4.93. The zero-order valence-corrected chi connectivity index (χ0v) is 15.1. The number of para-hydroxylation sites is 1. The normalized spacial score (nSPS) is 25.8. The molecule has 136 valence electrons. The number of hydrogen-bond donors (Lipinski definition) is 0. The molecule has 1 saturated heterocycles. The fourth-order valence-corrected chi connectivity index (χ4v) is 4.20. The van der Waals surface area contributed by atoms with Gasteiger partial charge in [-0.15, -0.1) is 0 Å². The van der Waals surface area contributed by atoms with Crippen LogP contribution in [0.25, 0.3) is 0 Å². The van der Waals surface area contributed by atoms with Crippen molar-refractivity contribution in [2.45, 2.75) is 44.4 Å². The standard InChI is InChI=1S/C22H25NO3/c1-16(24)25-22-20(23-14-8-3-9-15-23)18-12-6-7-13-19(18)26-21(22)17-10-4-2-5-11-17/h2,4-7,10-13,20-22H,3,8-9,14-15H2,1H3. The molecule has 2 aliphatic heterocycles. The van der Waals surface area contributed by atoms with Crippen LogP contribution in [0.4, 0.5) is 0 Å². The molecule has 4 nitrogen and oxygen atoms in total. The number of hydrogen-bond acceptors (Lipinski definition) is 4. The number of likely N-dealkylation sites (tertiary alicyclic amines) is 1. The van der Waals surface area contributed by atoms with Gasteiger partial charge in [-0.2, -0.15) is 0 Å². The van der Waals surface area contributed by atoms with Crippen molar-refractivity contribution >= 4 is 5.97 Å². The van der Waals surface area contributed by atoms with Crippen LogP contribution in [0.5, 0.6) is 5.75 Å². The Labute approximate surface area is 154 Å². The molecular formula is C22H25NO3. The van der Waals surface area contributed by atoms with Crippen LogP contribution in [0.15, 0.2) is 54.6 Å². The Balaban J connectivity index is 1.79. The van der Waals surface area contributed by atoms with E-state index in [9.17, 15) is 4.79 Å². The first-order chi connectivity index (χ1) is 12.7. The Hall–Kier alpha value is -2.33. The van der Waals surface area contributed by atoms with E-state index < -0.39 is 0 Å². The summed E-state index contributed by atoms with van der Waals surface area (Å²) < 4.78 is 12.2. The number of esters is 1. The number of piperidine rings is 1. The molecule has 3 atom stereocenters. The van der Waals surface area contributed by atoms with Gasteiger partial charge in [-0.3, -0.25) is 9.69 Å². The van der Waals surface area contributed by atoms with E-state index in [1.165, 1.54) is 26.2 Å². The van der Waals surface area contributed by atoms with Crippen LogP contribution in [-0.2, 0) is 9.53 Å². The van der Waals surface area contributed by atoms with Gasteiger partial charge in [0.25, 0.3) is 0 Å². The highest BCUT2D eigenvalue weighted by Gasteiger charge is 2.44. The quantitative estimate of drug-likeness (QED) is 0.774. The van der Waals surface area contributed by atoms with E-state index >= 15 is 0 Å². The fraction of sp³-hybridized carbons (Fsp3) is 0.409. The summed E-state index contributed by atoms with van der Waals surface area (Å²) in [7, 11) is 0. The lowest BCUT2D eigenvalue weighted by Gasteiger charge is -2.45. The van der Waals surface area contributed by atoms with Crippen LogP contribution in [-0.4, -0.2) is 30.1 Å². The molecule has 2 aromatic rings. The van der Waals surface area contributed by atoms with Crippen molar-refractivity contribution in [1.29, 1.82) is 0 Å². The Morgan fingerprint density at radius 1 is 1.00 bits per heavy atom. The summed E-state index contributed by atoms with van der Waals surface area (Å²) in [6.45, 7) is 3.53. The number of benzene rings is 2. The predicted molar refractivity (Wildman–Crippen MR) is 100.0 cm³/mol. The summed E-state index contributed by atoms with van der Waals surface area (Å²) in [5.41, 5.74) is 2.16. The van der Waals surface area contributed by atoms with Crippen LogP contribution in [0.1, 0.15) is 49.5 Å². The molecule has 2 heterocycles. The maximum atomic E-state index is 11.9. The van der Waals surface area contributed by atoms with E-state index in [0.29, 0.717) is 0 Å². The summed E-state index contributed by atoms with van der Waals surface area (Å²) in [5, 5.41) is 0. The van der Waals surface area contributed by atoms with Crippen molar-refractivity contribution in [3.8, 4) is 5.75 Å². The van der Waals surface area contributed by atoms with E-state index in [1.807, 2.05) is 48.5 Å². The third-order valence-electron chi connectivity index (χ3n) is 5.32. The summed E-state index contributed by atoms with van der Waals surface area (Å²) in [4.78, 5) is 14.4. The first-order valence-corrected chi connectivity index (χ1v) is 9.46. The minimum Gasteiger partial charge on any atom is -0.481 e. The summed E-state index contributed by atoms with van der Waals surface area (Å²) in [6.07, 6.45) is 2.97. The lowest BCUT2D eigenvalue weighted by molar-refractivity contribution is -0.160. The van der Waals surface area contributed by atoms with Crippen molar-refractivity contribution in [3.05, 3.63) is 65.7 Å². The molecule has 0 aromatic heterocycles. The summed E-state index contributed by atoms with van der Waals surface area (Å²) >= 11 is 0. The molecule has 3 unspecified atom stereocenters. The highest BCUT2D eigenvalue weighted by Crippen LogP contribution is 2.45. The molecule has 0 N–H and O–H groups in total. The largest absolute Gasteiger partial charge is 0.481 e. The molecular weight excluding hydrogens is 326 g/mol. The smallest absolute Gasteiger partial charge is 0.303 e. The van der Waals surface area contributed by atoms with Gasteiger partial charge < -0.3 is 9.47 Å². The maximum absolute atomic E-state index is 11.9. The monoisotopic (exact) mass is 351 g/mol. The van der Waals surface area contributed by atoms with Crippen molar-refractivity contribution in [2.24, 2.45) is 0 Å². The summed E-state index contributed by atoms with van der Waals surface area (Å²) in [5.74, 6) is 0.626. The molecule has 0 amide bonds. The van der Waals surface area contributed by atoms with Crippen LogP contribution < -0.4 is 4.74 Å². The fourth-order valence-electron chi connectivity index (χ4n) is 4.20. The van der Waals surface area contributed by atoms with E-state index in [0.717, 1.165) is 30.0 Å². The Bertz CT molecular complexity index is 755. The van der Waals surface area contributed by atoms with Crippen LogP contribution in [0.3, 0.4) is 0 Å². The third-order valence-corrected chi connectivity index (χ3v) is 5.32. The van der Waals surface area contributed by atoms with Crippen molar-refractivity contribution < 1.29 is 14.3 Å². The van der Waals surface area contributed by atoms with Gasteiger partial charge in [-0.25, -0.2) is 0 Å². The number of fused-ring (bicyclic) bond motifs is 1. The molecule has 4 heteroatoms. The maximum Gasteiger partial charge on any atom is 0.303 e. The van der Waals surface area contributed by atoms with E-state index in [-0.39, 0.29) is 24.2 Å². The molecule has 4 rings (SSSR count). The SMILES string of the molecule is CC(=O)OC1C(c2ccccc2)Oc2ccccc2C1N1CCCCC1. The van der Waals surface area contributed by atoms with Crippen molar-refractivity contribution in [2.75, 3.05) is 13.1 Å². The number of carbonyl (C=O) groups is 1. The Morgan fingerprint density at radius 2 is 1.69 bits per heavy atom. The molecule has 0 spiro atoms. The highest BCUT2D eigenvalue weighted by molar-refractivity contribution is 5.66. The highest BCUT2D eigenvalue weighted by atomic mass is 16.6. The molecule has 0 bridgehead atoms. The topological polar surface area (TPSA) is 38.8 Å². The minimum atomic E-state index is -0.358.